The second-order valence-corrected chi connectivity index (χ2v) is 13.5. The number of nitrogens with one attached hydrogen (secondary N) is 1. The highest BCUT2D eigenvalue weighted by Crippen LogP contribution is 2.65. The molecule has 5 aromatic rings. The van der Waals surface area contributed by atoms with Crippen molar-refractivity contribution in [3.05, 3.63) is 167 Å². The summed E-state index contributed by atoms with van der Waals surface area (Å²) in [7, 11) is 0. The number of urea groups is 1. The van der Waals surface area contributed by atoms with Gasteiger partial charge in [-0.15, -0.1) is 0 Å². The predicted octanol–water partition coefficient (Wildman–Crippen LogP) is 6.01. The normalized spacial score (nSPS) is 25.6. The number of benzene rings is 5. The fraction of sp³-hybridized carbons (Fsp3) is 0.190. The molecule has 0 aliphatic carbocycles. The minimum Gasteiger partial charge on any atom is -0.508 e. The zero-order valence-corrected chi connectivity index (χ0v) is 28.2. The summed E-state index contributed by atoms with van der Waals surface area (Å²) in [5.74, 6) is -3.76. The summed E-state index contributed by atoms with van der Waals surface area (Å²) in [6.07, 6.45) is -0.839. The van der Waals surface area contributed by atoms with Crippen molar-refractivity contribution in [1.82, 2.24) is 10.2 Å². The van der Waals surface area contributed by atoms with Gasteiger partial charge in [-0.25, -0.2) is 9.69 Å². The SMILES string of the molecule is C[C@@H](NC(=O)N1C(=O)[C@@]2(c3ccccc31)[C@H](c1ccc(O)cc1)N1[C@H](c3ccccc3)[C@H](c3ccccc3)OC(=O)[C@H]1[C@@H]2C(N)=O)c1ccccc1. The molecule has 5 aromatic carbocycles. The van der Waals surface area contributed by atoms with Crippen LogP contribution < -0.4 is 16.0 Å². The van der Waals surface area contributed by atoms with Crippen LogP contribution in [0.1, 0.15) is 59.0 Å². The molecule has 0 unspecified atom stereocenters. The van der Waals surface area contributed by atoms with Gasteiger partial charge in [-0.1, -0.05) is 121 Å². The average molecular weight is 693 g/mol. The van der Waals surface area contributed by atoms with E-state index < -0.39 is 65.4 Å². The first-order valence-corrected chi connectivity index (χ1v) is 17.2. The Morgan fingerprint density at radius 3 is 1.96 bits per heavy atom. The number of hydrogen-bond donors (Lipinski definition) is 3. The van der Waals surface area contributed by atoms with Crippen LogP contribution in [0.25, 0.3) is 0 Å². The summed E-state index contributed by atoms with van der Waals surface area (Å²) < 4.78 is 6.31. The van der Waals surface area contributed by atoms with E-state index in [1.807, 2.05) is 103 Å². The highest BCUT2D eigenvalue weighted by Gasteiger charge is 2.75. The first kappa shape index (κ1) is 32.9. The fourth-order valence-corrected chi connectivity index (χ4v) is 8.63. The van der Waals surface area contributed by atoms with Gasteiger partial charge in [-0.3, -0.25) is 19.3 Å². The number of primary amides is 1. The molecule has 2 saturated heterocycles. The number of phenols is 1. The van der Waals surface area contributed by atoms with Gasteiger partial charge in [0, 0.05) is 0 Å². The molecule has 3 aliphatic rings. The number of nitrogens with two attached hydrogens (primary N) is 1. The number of amides is 4. The van der Waals surface area contributed by atoms with E-state index in [1.54, 1.807) is 36.4 Å². The number of carbonyl (C=O) groups excluding carboxylic acids is 4. The van der Waals surface area contributed by atoms with E-state index in [0.717, 1.165) is 21.6 Å². The Kier molecular flexibility index (Phi) is 8.11. The monoisotopic (exact) mass is 692 g/mol. The van der Waals surface area contributed by atoms with Crippen molar-refractivity contribution in [2.24, 2.45) is 11.7 Å². The van der Waals surface area contributed by atoms with E-state index in [4.69, 9.17) is 10.5 Å². The second-order valence-electron chi connectivity index (χ2n) is 13.5. The number of aromatic hydroxyl groups is 1. The lowest BCUT2D eigenvalue weighted by Crippen LogP contribution is -2.55. The molecule has 1 spiro atoms. The molecule has 3 heterocycles. The van der Waals surface area contributed by atoms with Gasteiger partial charge in [0.2, 0.25) is 11.8 Å². The number of hydrogen-bond acceptors (Lipinski definition) is 7. The molecular formula is C42H36N4O6. The molecule has 0 radical (unpaired) electrons. The van der Waals surface area contributed by atoms with Crippen molar-refractivity contribution < 1.29 is 29.0 Å². The van der Waals surface area contributed by atoms with E-state index in [0.29, 0.717) is 11.1 Å². The lowest BCUT2D eigenvalue weighted by molar-refractivity contribution is -0.178. The van der Waals surface area contributed by atoms with Crippen molar-refractivity contribution >= 4 is 29.5 Å². The van der Waals surface area contributed by atoms with Crippen LogP contribution in [0.4, 0.5) is 10.5 Å². The molecule has 0 saturated carbocycles. The maximum Gasteiger partial charge on any atom is 0.329 e. The number of imide groups is 1. The van der Waals surface area contributed by atoms with Crippen molar-refractivity contribution in [2.75, 3.05) is 4.90 Å². The average Bonchev–Trinajstić information content (AvgIpc) is 3.63. The molecule has 10 nitrogen and oxygen atoms in total. The zero-order chi connectivity index (χ0) is 36.1. The number of esters is 1. The Morgan fingerprint density at radius 2 is 1.33 bits per heavy atom. The Bertz CT molecular complexity index is 2160. The van der Waals surface area contributed by atoms with Gasteiger partial charge in [0.1, 0.15) is 23.3 Å². The number of rotatable bonds is 6. The van der Waals surface area contributed by atoms with Crippen molar-refractivity contribution in [3.8, 4) is 5.75 Å². The van der Waals surface area contributed by atoms with E-state index in [1.165, 1.54) is 12.1 Å². The largest absolute Gasteiger partial charge is 0.508 e. The Balaban J connectivity index is 1.37. The second kappa shape index (κ2) is 12.8. The summed E-state index contributed by atoms with van der Waals surface area (Å²) in [6.45, 7) is 1.82. The maximum absolute atomic E-state index is 15.6. The molecule has 7 atom stereocenters. The van der Waals surface area contributed by atoms with Gasteiger partial charge in [0.05, 0.1) is 29.7 Å². The van der Waals surface area contributed by atoms with Crippen LogP contribution in [-0.4, -0.2) is 39.9 Å². The van der Waals surface area contributed by atoms with Gasteiger partial charge < -0.3 is 20.9 Å². The van der Waals surface area contributed by atoms with Crippen LogP contribution in [0.2, 0.25) is 0 Å². The number of anilines is 1. The summed E-state index contributed by atoms with van der Waals surface area (Å²) in [5, 5.41) is 13.4. The fourth-order valence-electron chi connectivity index (χ4n) is 8.63. The molecule has 0 aromatic heterocycles. The van der Waals surface area contributed by atoms with Crippen molar-refractivity contribution in [1.29, 1.82) is 0 Å². The van der Waals surface area contributed by atoms with E-state index in [2.05, 4.69) is 5.32 Å². The third-order valence-corrected chi connectivity index (χ3v) is 10.7. The number of fused-ring (bicyclic) bond motifs is 3. The Hall–Kier alpha value is -6.26. The minimum absolute atomic E-state index is 0.00678. The van der Waals surface area contributed by atoms with Crippen LogP contribution in [0.5, 0.6) is 5.75 Å². The highest BCUT2D eigenvalue weighted by molar-refractivity contribution is 6.24. The number of morpholine rings is 1. The third-order valence-electron chi connectivity index (χ3n) is 10.7. The number of para-hydroxylation sites is 1. The highest BCUT2D eigenvalue weighted by atomic mass is 16.6. The maximum atomic E-state index is 15.6. The van der Waals surface area contributed by atoms with Crippen LogP contribution in [-0.2, 0) is 24.5 Å². The first-order chi connectivity index (χ1) is 25.2. The Morgan fingerprint density at radius 1 is 0.750 bits per heavy atom. The number of ether oxygens (including phenoxy) is 1. The quantitative estimate of drug-likeness (QED) is 0.185. The molecular weight excluding hydrogens is 656 g/mol. The van der Waals surface area contributed by atoms with Gasteiger partial charge in [0.15, 0.2) is 0 Å². The molecule has 4 N–H and O–H groups in total. The van der Waals surface area contributed by atoms with Crippen molar-refractivity contribution in [3.63, 3.8) is 0 Å². The lowest BCUT2D eigenvalue weighted by Gasteiger charge is -2.46. The molecule has 3 aliphatic heterocycles. The van der Waals surface area contributed by atoms with Gasteiger partial charge in [0.25, 0.3) is 0 Å². The number of phenolic OH excluding ortho intramolecular Hbond substituents is 1. The van der Waals surface area contributed by atoms with E-state index in [-0.39, 0.29) is 11.4 Å². The summed E-state index contributed by atoms with van der Waals surface area (Å²) in [5.41, 5.74) is 8.00. The molecule has 10 heteroatoms. The smallest absolute Gasteiger partial charge is 0.329 e. The van der Waals surface area contributed by atoms with Gasteiger partial charge >= 0.3 is 12.0 Å². The molecule has 2 fully saturated rings. The van der Waals surface area contributed by atoms with Gasteiger partial charge in [-0.2, -0.15) is 0 Å². The van der Waals surface area contributed by atoms with Crippen LogP contribution in [0.15, 0.2) is 140 Å². The van der Waals surface area contributed by atoms with Crippen LogP contribution in [0, 0.1) is 5.92 Å². The molecule has 4 amide bonds. The topological polar surface area (TPSA) is 142 Å². The van der Waals surface area contributed by atoms with Crippen LogP contribution >= 0.6 is 0 Å². The van der Waals surface area contributed by atoms with Gasteiger partial charge in [-0.05, 0) is 52.9 Å². The minimum atomic E-state index is -1.87. The predicted molar refractivity (Wildman–Crippen MR) is 193 cm³/mol. The van der Waals surface area contributed by atoms with Crippen LogP contribution in [0.3, 0.4) is 0 Å². The molecule has 8 rings (SSSR count). The standard InChI is InChI=1S/C42H36N4O6/c1-25(26-13-5-2-6-14-26)44-41(51)45-32-20-12-11-19-31(32)42(40(45)50)33(38(43)48)35-39(49)52-36(28-17-9-4-10-18-28)34(27-15-7-3-8-16-27)46(35)37(42)29-21-23-30(47)24-22-29/h2-25,33-37,47H,1H3,(H2,43,48)(H,44,51)/t25-,33-,34-,35-,36+,37+,42-/m1/s1. The number of carbonyl (C=O) groups is 4. The third kappa shape index (κ3) is 4.97. The summed E-state index contributed by atoms with van der Waals surface area (Å²) in [4.78, 5) is 61.5. The summed E-state index contributed by atoms with van der Waals surface area (Å²) >= 11 is 0. The summed E-state index contributed by atoms with van der Waals surface area (Å²) in [6, 6.07) is 37.2. The molecule has 0 bridgehead atoms. The number of nitrogens with zero attached hydrogens (tertiary/aromatic N) is 2. The Labute approximate surface area is 300 Å². The number of cyclic esters (lactones) is 1. The lowest BCUT2D eigenvalue weighted by atomic mass is 9.65. The zero-order valence-electron chi connectivity index (χ0n) is 28.2. The van der Waals surface area contributed by atoms with Crippen molar-refractivity contribution in [2.45, 2.75) is 42.6 Å². The molecule has 260 valence electrons. The molecule has 52 heavy (non-hydrogen) atoms. The van der Waals surface area contributed by atoms with E-state index in [9.17, 15) is 19.5 Å². The first-order valence-electron chi connectivity index (χ1n) is 17.2. The van der Waals surface area contributed by atoms with E-state index >= 15 is 4.79 Å².